The fraction of sp³-hybridized carbons (Fsp3) is 0.818. The Hall–Kier alpha value is -1.06. The van der Waals surface area contributed by atoms with Crippen molar-refractivity contribution < 1.29 is 9.59 Å². The first kappa shape index (κ1) is 13.9. The van der Waals surface area contributed by atoms with E-state index in [0.29, 0.717) is 5.92 Å². The molecular formula is C11H22N2O2. The maximum atomic E-state index is 11.7. The predicted octanol–water partition coefficient (Wildman–Crippen LogP) is 1.05. The third-order valence-electron chi connectivity index (χ3n) is 2.32. The van der Waals surface area contributed by atoms with Crippen molar-refractivity contribution >= 4 is 11.8 Å². The summed E-state index contributed by atoms with van der Waals surface area (Å²) < 4.78 is 0. The number of primary amides is 1. The van der Waals surface area contributed by atoms with Crippen molar-refractivity contribution in [1.82, 2.24) is 5.32 Å². The van der Waals surface area contributed by atoms with E-state index in [2.05, 4.69) is 19.2 Å². The summed E-state index contributed by atoms with van der Waals surface area (Å²) in [5, 5.41) is 2.65. The molecule has 1 atom stereocenters. The normalized spacial score (nSPS) is 13.7. The van der Waals surface area contributed by atoms with Crippen LogP contribution in [0.2, 0.25) is 0 Å². The summed E-state index contributed by atoms with van der Waals surface area (Å²) in [5.41, 5.74) is 4.20. The second-order valence-electron chi connectivity index (χ2n) is 5.01. The third-order valence-corrected chi connectivity index (χ3v) is 2.32. The van der Waals surface area contributed by atoms with Crippen LogP contribution in [-0.4, -0.2) is 17.4 Å². The SMILES string of the molecule is CC(C)CC(C)C(=O)NC(C)(C)C(N)=O. The fourth-order valence-electron chi connectivity index (χ4n) is 1.31. The molecule has 0 heterocycles. The first-order valence-electron chi connectivity index (χ1n) is 5.28. The molecule has 0 spiro atoms. The highest BCUT2D eigenvalue weighted by Crippen LogP contribution is 2.12. The van der Waals surface area contributed by atoms with Crippen molar-refractivity contribution in [2.75, 3.05) is 0 Å². The summed E-state index contributed by atoms with van der Waals surface area (Å²) in [6.45, 7) is 9.18. The summed E-state index contributed by atoms with van der Waals surface area (Å²) in [7, 11) is 0. The first-order valence-corrected chi connectivity index (χ1v) is 5.28. The standard InChI is InChI=1S/C11H22N2O2/c1-7(2)6-8(3)9(14)13-11(4,5)10(12)15/h7-8H,6H2,1-5H3,(H2,12,15)(H,13,14). The topological polar surface area (TPSA) is 72.2 Å². The van der Waals surface area contributed by atoms with Crippen molar-refractivity contribution in [3.8, 4) is 0 Å². The van der Waals surface area contributed by atoms with Crippen LogP contribution >= 0.6 is 0 Å². The van der Waals surface area contributed by atoms with Crippen LogP contribution in [0.1, 0.15) is 41.0 Å². The molecule has 0 aromatic carbocycles. The molecule has 2 amide bonds. The minimum atomic E-state index is -0.970. The summed E-state index contributed by atoms with van der Waals surface area (Å²) in [6.07, 6.45) is 0.806. The van der Waals surface area contributed by atoms with Gasteiger partial charge in [-0.05, 0) is 26.2 Å². The number of carbonyl (C=O) groups is 2. The Kier molecular flexibility index (Phi) is 4.78. The molecular weight excluding hydrogens is 192 g/mol. The lowest BCUT2D eigenvalue weighted by atomic mass is 9.96. The van der Waals surface area contributed by atoms with Crippen LogP contribution in [-0.2, 0) is 9.59 Å². The minimum absolute atomic E-state index is 0.0939. The van der Waals surface area contributed by atoms with Gasteiger partial charge in [0.05, 0.1) is 0 Å². The maximum Gasteiger partial charge on any atom is 0.242 e. The van der Waals surface area contributed by atoms with Crippen LogP contribution in [0.15, 0.2) is 0 Å². The highest BCUT2D eigenvalue weighted by Gasteiger charge is 2.28. The molecule has 0 aromatic heterocycles. The molecule has 1 unspecified atom stereocenters. The van der Waals surface area contributed by atoms with Crippen molar-refractivity contribution in [2.24, 2.45) is 17.6 Å². The van der Waals surface area contributed by atoms with Gasteiger partial charge in [-0.2, -0.15) is 0 Å². The summed E-state index contributed by atoms with van der Waals surface area (Å²) >= 11 is 0. The fourth-order valence-corrected chi connectivity index (χ4v) is 1.31. The maximum absolute atomic E-state index is 11.7. The van der Waals surface area contributed by atoms with Gasteiger partial charge in [0, 0.05) is 5.92 Å². The van der Waals surface area contributed by atoms with Gasteiger partial charge in [-0.15, -0.1) is 0 Å². The van der Waals surface area contributed by atoms with E-state index in [1.807, 2.05) is 6.92 Å². The van der Waals surface area contributed by atoms with Gasteiger partial charge in [-0.25, -0.2) is 0 Å². The van der Waals surface area contributed by atoms with E-state index in [1.54, 1.807) is 13.8 Å². The molecule has 0 saturated carbocycles. The van der Waals surface area contributed by atoms with Gasteiger partial charge in [0.25, 0.3) is 0 Å². The second-order valence-corrected chi connectivity index (χ2v) is 5.01. The van der Waals surface area contributed by atoms with Gasteiger partial charge in [0.15, 0.2) is 0 Å². The zero-order chi connectivity index (χ0) is 12.2. The van der Waals surface area contributed by atoms with E-state index >= 15 is 0 Å². The van der Waals surface area contributed by atoms with Crippen molar-refractivity contribution in [2.45, 2.75) is 46.6 Å². The van der Waals surface area contributed by atoms with Crippen molar-refractivity contribution in [3.63, 3.8) is 0 Å². The lowest BCUT2D eigenvalue weighted by molar-refractivity contribution is -0.132. The van der Waals surface area contributed by atoms with Gasteiger partial charge in [0.1, 0.15) is 5.54 Å². The Morgan fingerprint density at radius 3 is 2.07 bits per heavy atom. The van der Waals surface area contributed by atoms with Crippen molar-refractivity contribution in [1.29, 1.82) is 0 Å². The second kappa shape index (κ2) is 5.14. The Morgan fingerprint density at radius 2 is 1.73 bits per heavy atom. The van der Waals surface area contributed by atoms with Crippen molar-refractivity contribution in [3.05, 3.63) is 0 Å². The number of hydrogen-bond donors (Lipinski definition) is 2. The van der Waals surface area contributed by atoms with Gasteiger partial charge in [-0.3, -0.25) is 9.59 Å². The minimum Gasteiger partial charge on any atom is -0.368 e. The van der Waals surface area contributed by atoms with Gasteiger partial charge in [-0.1, -0.05) is 20.8 Å². The number of rotatable bonds is 5. The van der Waals surface area contributed by atoms with Gasteiger partial charge >= 0.3 is 0 Å². The molecule has 15 heavy (non-hydrogen) atoms. The largest absolute Gasteiger partial charge is 0.368 e. The summed E-state index contributed by atoms with van der Waals surface area (Å²) in [5.74, 6) is -0.272. The number of nitrogens with two attached hydrogens (primary N) is 1. The van der Waals surface area contributed by atoms with Crippen LogP contribution in [0.3, 0.4) is 0 Å². The van der Waals surface area contributed by atoms with Gasteiger partial charge in [0.2, 0.25) is 11.8 Å². The average Bonchev–Trinajstić information content (AvgIpc) is 2.01. The molecule has 88 valence electrons. The van der Waals surface area contributed by atoms with E-state index < -0.39 is 11.4 Å². The quantitative estimate of drug-likeness (QED) is 0.718. The zero-order valence-electron chi connectivity index (χ0n) is 10.3. The van der Waals surface area contributed by atoms with Crippen LogP contribution in [0.4, 0.5) is 0 Å². The molecule has 0 bridgehead atoms. The average molecular weight is 214 g/mol. The number of amides is 2. The molecule has 0 aliphatic carbocycles. The molecule has 0 aliphatic rings. The molecule has 0 aliphatic heterocycles. The van der Waals surface area contributed by atoms with E-state index in [9.17, 15) is 9.59 Å². The monoisotopic (exact) mass is 214 g/mol. The molecule has 0 fully saturated rings. The molecule has 0 aromatic rings. The van der Waals surface area contributed by atoms with Crippen LogP contribution in [0.25, 0.3) is 0 Å². The highest BCUT2D eigenvalue weighted by atomic mass is 16.2. The number of nitrogens with one attached hydrogen (secondary N) is 1. The smallest absolute Gasteiger partial charge is 0.242 e. The number of hydrogen-bond acceptors (Lipinski definition) is 2. The molecule has 3 N–H and O–H groups in total. The molecule has 0 rings (SSSR count). The number of carbonyl (C=O) groups excluding carboxylic acids is 2. The zero-order valence-corrected chi connectivity index (χ0v) is 10.3. The lowest BCUT2D eigenvalue weighted by Crippen LogP contribution is -2.54. The van der Waals surface area contributed by atoms with Crippen LogP contribution < -0.4 is 11.1 Å². The third kappa shape index (κ3) is 4.81. The first-order chi connectivity index (χ1) is 6.66. The highest BCUT2D eigenvalue weighted by molar-refractivity contribution is 5.90. The molecule has 0 radical (unpaired) electrons. The molecule has 4 heteroatoms. The predicted molar refractivity (Wildman–Crippen MR) is 60.0 cm³/mol. The Labute approximate surface area is 91.6 Å². The summed E-state index contributed by atoms with van der Waals surface area (Å²) in [6, 6.07) is 0. The van der Waals surface area contributed by atoms with Gasteiger partial charge < -0.3 is 11.1 Å². The lowest BCUT2D eigenvalue weighted by Gasteiger charge is -2.25. The summed E-state index contributed by atoms with van der Waals surface area (Å²) in [4.78, 5) is 22.7. The Bertz CT molecular complexity index is 247. The van der Waals surface area contributed by atoms with Crippen LogP contribution in [0, 0.1) is 11.8 Å². The van der Waals surface area contributed by atoms with E-state index in [-0.39, 0.29) is 11.8 Å². The molecule has 4 nitrogen and oxygen atoms in total. The van der Waals surface area contributed by atoms with E-state index in [1.165, 1.54) is 0 Å². The molecule has 0 saturated heterocycles. The van der Waals surface area contributed by atoms with Crippen LogP contribution in [0.5, 0.6) is 0 Å². The Morgan fingerprint density at radius 1 is 1.27 bits per heavy atom. The van der Waals surface area contributed by atoms with E-state index in [0.717, 1.165) is 6.42 Å². The van der Waals surface area contributed by atoms with E-state index in [4.69, 9.17) is 5.73 Å². The Balaban J connectivity index is 4.30.